The van der Waals surface area contributed by atoms with E-state index in [0.29, 0.717) is 0 Å². The third kappa shape index (κ3) is 7.63. The fourth-order valence-corrected chi connectivity index (χ4v) is 2.19. The maximum absolute atomic E-state index is 11.7. The lowest BCUT2D eigenvalue weighted by Crippen LogP contribution is -2.17. The monoisotopic (exact) mass is 342 g/mol. The molecule has 0 aliphatic rings. The molecule has 2 aromatic rings. The summed E-state index contributed by atoms with van der Waals surface area (Å²) in [5.41, 5.74) is 1.79. The normalized spacial score (nSPS) is 11.6. The zero-order valence-corrected chi connectivity index (χ0v) is 14.0. The fourth-order valence-electron chi connectivity index (χ4n) is 2.19. The second-order valence-electron chi connectivity index (χ2n) is 5.69. The molecule has 1 atom stereocenters. The van der Waals surface area contributed by atoms with Gasteiger partial charge in [-0.1, -0.05) is 60.7 Å². The van der Waals surface area contributed by atoms with E-state index < -0.39 is 18.0 Å². The average molecular weight is 342 g/mol. The van der Waals surface area contributed by atoms with E-state index in [0.717, 1.165) is 11.1 Å². The van der Waals surface area contributed by atoms with Gasteiger partial charge in [0.2, 0.25) is 0 Å². The zero-order valence-electron chi connectivity index (χ0n) is 14.0. The zero-order chi connectivity index (χ0) is 17.9. The largest absolute Gasteiger partial charge is 0.461 e. The molecule has 0 bridgehead atoms. The van der Waals surface area contributed by atoms with Gasteiger partial charge < -0.3 is 14.6 Å². The molecule has 5 nitrogen and oxygen atoms in total. The molecule has 0 saturated heterocycles. The predicted molar refractivity (Wildman–Crippen MR) is 92.3 cm³/mol. The van der Waals surface area contributed by atoms with Gasteiger partial charge in [-0.15, -0.1) is 0 Å². The third-order valence-corrected chi connectivity index (χ3v) is 3.57. The molecule has 0 aliphatic carbocycles. The summed E-state index contributed by atoms with van der Waals surface area (Å²) in [5, 5.41) is 9.84. The molecule has 0 heterocycles. The second-order valence-corrected chi connectivity index (χ2v) is 5.69. The molecular weight excluding hydrogens is 320 g/mol. The summed E-state index contributed by atoms with van der Waals surface area (Å²) in [5.74, 6) is -0.894. The summed E-state index contributed by atoms with van der Waals surface area (Å²) in [4.78, 5) is 23.4. The van der Waals surface area contributed by atoms with Crippen molar-refractivity contribution in [1.29, 1.82) is 0 Å². The standard InChI is InChI=1S/C20H22O5/c21-18(13-20(23)25-15-17-9-5-2-6-10-17)11-12-19(22)24-14-16-7-3-1-4-8-16/h1-10,18,21H,11-15H2. The molecule has 1 unspecified atom stereocenters. The summed E-state index contributed by atoms with van der Waals surface area (Å²) < 4.78 is 10.2. The SMILES string of the molecule is O=C(CCC(O)CC(=O)OCc1ccccc1)OCc1ccccc1. The Morgan fingerprint density at radius 3 is 1.80 bits per heavy atom. The van der Waals surface area contributed by atoms with Crippen molar-refractivity contribution in [3.8, 4) is 0 Å². The van der Waals surface area contributed by atoms with Crippen LogP contribution < -0.4 is 0 Å². The molecule has 25 heavy (non-hydrogen) atoms. The van der Waals surface area contributed by atoms with Crippen molar-refractivity contribution in [3.05, 3.63) is 71.8 Å². The van der Waals surface area contributed by atoms with Gasteiger partial charge >= 0.3 is 11.9 Å². The van der Waals surface area contributed by atoms with E-state index in [4.69, 9.17) is 9.47 Å². The Morgan fingerprint density at radius 2 is 1.28 bits per heavy atom. The van der Waals surface area contributed by atoms with Crippen molar-refractivity contribution >= 4 is 11.9 Å². The minimum atomic E-state index is -0.924. The van der Waals surface area contributed by atoms with Crippen molar-refractivity contribution in [2.75, 3.05) is 0 Å². The van der Waals surface area contributed by atoms with Crippen LogP contribution in [0.5, 0.6) is 0 Å². The summed E-state index contributed by atoms with van der Waals surface area (Å²) in [6.07, 6.45) is -0.847. The van der Waals surface area contributed by atoms with Crippen LogP contribution in [0.2, 0.25) is 0 Å². The Bertz CT molecular complexity index is 654. The summed E-state index contributed by atoms with van der Waals surface area (Å²) in [6, 6.07) is 18.7. The van der Waals surface area contributed by atoms with Gasteiger partial charge in [0.25, 0.3) is 0 Å². The topological polar surface area (TPSA) is 72.8 Å². The third-order valence-electron chi connectivity index (χ3n) is 3.57. The number of aliphatic hydroxyl groups is 1. The lowest BCUT2D eigenvalue weighted by molar-refractivity contribution is -0.149. The van der Waals surface area contributed by atoms with Crippen molar-refractivity contribution in [3.63, 3.8) is 0 Å². The molecule has 132 valence electrons. The van der Waals surface area contributed by atoms with Crippen LogP contribution in [0.3, 0.4) is 0 Å². The van der Waals surface area contributed by atoms with E-state index in [9.17, 15) is 14.7 Å². The van der Waals surface area contributed by atoms with Crippen LogP contribution >= 0.6 is 0 Å². The van der Waals surface area contributed by atoms with Gasteiger partial charge in [0.05, 0.1) is 12.5 Å². The van der Waals surface area contributed by atoms with Crippen molar-refractivity contribution in [2.45, 2.75) is 38.6 Å². The summed E-state index contributed by atoms with van der Waals surface area (Å²) in [6.45, 7) is 0.375. The highest BCUT2D eigenvalue weighted by Gasteiger charge is 2.14. The molecule has 0 aromatic heterocycles. The van der Waals surface area contributed by atoms with Gasteiger partial charge in [-0.25, -0.2) is 0 Å². The maximum Gasteiger partial charge on any atom is 0.308 e. The number of carbonyl (C=O) groups excluding carboxylic acids is 2. The first-order valence-corrected chi connectivity index (χ1v) is 8.20. The Balaban J connectivity index is 1.60. The number of benzene rings is 2. The van der Waals surface area contributed by atoms with Gasteiger partial charge in [-0.3, -0.25) is 9.59 Å². The first-order valence-electron chi connectivity index (χ1n) is 8.20. The van der Waals surface area contributed by atoms with Crippen LogP contribution in [0.1, 0.15) is 30.4 Å². The van der Waals surface area contributed by atoms with E-state index in [1.165, 1.54) is 0 Å². The highest BCUT2D eigenvalue weighted by molar-refractivity contribution is 5.71. The van der Waals surface area contributed by atoms with Crippen molar-refractivity contribution in [1.82, 2.24) is 0 Å². The van der Waals surface area contributed by atoms with E-state index in [1.807, 2.05) is 60.7 Å². The summed E-state index contributed by atoms with van der Waals surface area (Å²) in [7, 11) is 0. The quantitative estimate of drug-likeness (QED) is 0.709. The Morgan fingerprint density at radius 1 is 0.800 bits per heavy atom. The van der Waals surface area contributed by atoms with E-state index in [2.05, 4.69) is 0 Å². The minimum absolute atomic E-state index is 0.0555. The first kappa shape index (κ1) is 18.7. The minimum Gasteiger partial charge on any atom is -0.461 e. The number of hydrogen-bond acceptors (Lipinski definition) is 5. The first-order chi connectivity index (χ1) is 12.1. The van der Waals surface area contributed by atoms with Crippen LogP contribution in [-0.4, -0.2) is 23.1 Å². The van der Waals surface area contributed by atoms with E-state index >= 15 is 0 Å². The fraction of sp³-hybridized carbons (Fsp3) is 0.300. The van der Waals surface area contributed by atoms with E-state index in [-0.39, 0.29) is 32.5 Å². The Kier molecular flexibility index (Phi) is 7.66. The molecule has 0 saturated carbocycles. The number of carbonyl (C=O) groups is 2. The van der Waals surface area contributed by atoms with Gasteiger partial charge in [0.15, 0.2) is 0 Å². The molecule has 2 aromatic carbocycles. The molecule has 0 amide bonds. The van der Waals surface area contributed by atoms with Gasteiger partial charge in [0, 0.05) is 6.42 Å². The number of aliphatic hydroxyl groups excluding tert-OH is 1. The van der Waals surface area contributed by atoms with Crippen molar-refractivity contribution < 1.29 is 24.2 Å². The van der Waals surface area contributed by atoms with Crippen LogP contribution in [0.4, 0.5) is 0 Å². The van der Waals surface area contributed by atoms with Crippen LogP contribution in [0.15, 0.2) is 60.7 Å². The Labute approximate surface area is 147 Å². The van der Waals surface area contributed by atoms with Crippen molar-refractivity contribution in [2.24, 2.45) is 0 Å². The molecule has 2 rings (SSSR count). The smallest absolute Gasteiger partial charge is 0.308 e. The Hall–Kier alpha value is -2.66. The highest BCUT2D eigenvalue weighted by atomic mass is 16.5. The molecular formula is C20H22O5. The average Bonchev–Trinajstić information content (AvgIpc) is 2.65. The van der Waals surface area contributed by atoms with E-state index in [1.54, 1.807) is 0 Å². The molecule has 0 fully saturated rings. The van der Waals surface area contributed by atoms with Crippen LogP contribution in [-0.2, 0) is 32.3 Å². The number of rotatable bonds is 9. The lowest BCUT2D eigenvalue weighted by atomic mass is 10.1. The van der Waals surface area contributed by atoms with Crippen LogP contribution in [0.25, 0.3) is 0 Å². The maximum atomic E-state index is 11.7. The second kappa shape index (κ2) is 10.3. The highest BCUT2D eigenvalue weighted by Crippen LogP contribution is 2.08. The molecule has 0 aliphatic heterocycles. The number of ether oxygens (including phenoxy) is 2. The molecule has 0 radical (unpaired) electrons. The molecule has 0 spiro atoms. The number of esters is 2. The molecule has 5 heteroatoms. The molecule has 1 N–H and O–H groups in total. The predicted octanol–water partition coefficient (Wildman–Crippen LogP) is 3.00. The summed E-state index contributed by atoms with van der Waals surface area (Å²) >= 11 is 0. The van der Waals surface area contributed by atoms with Crippen LogP contribution in [0, 0.1) is 0 Å². The van der Waals surface area contributed by atoms with Gasteiger partial charge in [-0.05, 0) is 17.5 Å². The van der Waals surface area contributed by atoms with Gasteiger partial charge in [0.1, 0.15) is 13.2 Å². The van der Waals surface area contributed by atoms with Gasteiger partial charge in [-0.2, -0.15) is 0 Å². The lowest BCUT2D eigenvalue weighted by Gasteiger charge is -2.10. The number of hydrogen-bond donors (Lipinski definition) is 1.